The number of hydrogen-bond donors (Lipinski definition) is 2. The monoisotopic (exact) mass is 187 g/mol. The second-order valence-corrected chi connectivity index (χ2v) is 3.47. The molecule has 4 nitrogen and oxygen atoms in total. The van der Waals surface area contributed by atoms with Crippen LogP contribution in [0.1, 0.15) is 27.2 Å². The van der Waals surface area contributed by atoms with E-state index in [9.17, 15) is 9.59 Å². The summed E-state index contributed by atoms with van der Waals surface area (Å²) in [6, 6.07) is -0.666. The fourth-order valence-electron chi connectivity index (χ4n) is 1.06. The number of Topliss-reactive ketones (excluding diaryl/α,β-unsaturated/α-hetero) is 1. The minimum absolute atomic E-state index is 0.0131. The Balaban J connectivity index is 4.46. The van der Waals surface area contributed by atoms with E-state index in [1.54, 1.807) is 20.8 Å². The summed E-state index contributed by atoms with van der Waals surface area (Å²) in [4.78, 5) is 22.1. The zero-order valence-electron chi connectivity index (χ0n) is 8.28. The molecular weight excluding hydrogens is 170 g/mol. The summed E-state index contributed by atoms with van der Waals surface area (Å²) in [7, 11) is 0. The molecule has 0 bridgehead atoms. The third kappa shape index (κ3) is 3.14. The van der Waals surface area contributed by atoms with Crippen LogP contribution < -0.4 is 5.73 Å². The summed E-state index contributed by atoms with van der Waals surface area (Å²) in [5.41, 5.74) is 5.56. The SMILES string of the molecule is CCC(C(=O)O)C(=O)[C@@H](N)C(C)C. The van der Waals surface area contributed by atoms with E-state index in [0.29, 0.717) is 6.42 Å². The fraction of sp³-hybridized carbons (Fsp3) is 0.778. The smallest absolute Gasteiger partial charge is 0.314 e. The van der Waals surface area contributed by atoms with Crippen LogP contribution in [0.4, 0.5) is 0 Å². The highest BCUT2D eigenvalue weighted by Gasteiger charge is 2.29. The van der Waals surface area contributed by atoms with Gasteiger partial charge in [-0.2, -0.15) is 0 Å². The van der Waals surface area contributed by atoms with Crippen LogP contribution in [0, 0.1) is 11.8 Å². The molecule has 0 aliphatic rings. The van der Waals surface area contributed by atoms with Crippen molar-refractivity contribution in [2.45, 2.75) is 33.2 Å². The number of ketones is 1. The average Bonchev–Trinajstić information content (AvgIpc) is 2.03. The molecule has 13 heavy (non-hydrogen) atoms. The first-order chi connectivity index (χ1) is 5.91. The summed E-state index contributed by atoms with van der Waals surface area (Å²) in [5, 5.41) is 8.70. The molecule has 0 aliphatic heterocycles. The number of aliphatic carboxylic acids is 1. The van der Waals surface area contributed by atoms with E-state index in [4.69, 9.17) is 10.8 Å². The molecule has 0 fully saturated rings. The summed E-state index contributed by atoms with van der Waals surface area (Å²) >= 11 is 0. The first-order valence-electron chi connectivity index (χ1n) is 4.43. The lowest BCUT2D eigenvalue weighted by Crippen LogP contribution is -2.42. The van der Waals surface area contributed by atoms with Gasteiger partial charge < -0.3 is 10.8 Å². The molecule has 0 amide bonds. The minimum Gasteiger partial charge on any atom is -0.481 e. The number of carbonyl (C=O) groups excluding carboxylic acids is 1. The van der Waals surface area contributed by atoms with Gasteiger partial charge in [-0.1, -0.05) is 20.8 Å². The summed E-state index contributed by atoms with van der Waals surface area (Å²) in [5.74, 6) is -2.41. The summed E-state index contributed by atoms with van der Waals surface area (Å²) < 4.78 is 0. The van der Waals surface area contributed by atoms with Gasteiger partial charge in [0.25, 0.3) is 0 Å². The highest BCUT2D eigenvalue weighted by Crippen LogP contribution is 2.11. The van der Waals surface area contributed by atoms with Crippen molar-refractivity contribution in [2.24, 2.45) is 17.6 Å². The number of rotatable bonds is 5. The van der Waals surface area contributed by atoms with Crippen molar-refractivity contribution in [2.75, 3.05) is 0 Å². The van der Waals surface area contributed by atoms with E-state index in [1.165, 1.54) is 0 Å². The first kappa shape index (κ1) is 12.1. The fourth-order valence-corrected chi connectivity index (χ4v) is 1.06. The maximum atomic E-state index is 11.5. The molecule has 0 saturated carbocycles. The van der Waals surface area contributed by atoms with Crippen LogP contribution in [0.15, 0.2) is 0 Å². The second-order valence-electron chi connectivity index (χ2n) is 3.47. The van der Waals surface area contributed by atoms with Crippen molar-refractivity contribution < 1.29 is 14.7 Å². The van der Waals surface area contributed by atoms with Crippen molar-refractivity contribution in [3.8, 4) is 0 Å². The predicted molar refractivity (Wildman–Crippen MR) is 49.2 cm³/mol. The van der Waals surface area contributed by atoms with Crippen LogP contribution in [0.2, 0.25) is 0 Å². The van der Waals surface area contributed by atoms with Gasteiger partial charge in [0.15, 0.2) is 5.78 Å². The van der Waals surface area contributed by atoms with Gasteiger partial charge in [0.05, 0.1) is 6.04 Å². The number of carboxylic acids is 1. The lowest BCUT2D eigenvalue weighted by molar-refractivity contribution is -0.147. The molecule has 1 unspecified atom stereocenters. The van der Waals surface area contributed by atoms with Gasteiger partial charge in [0, 0.05) is 0 Å². The largest absolute Gasteiger partial charge is 0.481 e. The standard InChI is InChI=1S/C9H17NO3/c1-4-6(9(12)13)8(11)7(10)5(2)3/h5-7H,4,10H2,1-3H3,(H,12,13)/t6?,7-/m0/s1. The molecule has 2 atom stereocenters. The average molecular weight is 187 g/mol. The Morgan fingerprint density at radius 3 is 2.08 bits per heavy atom. The topological polar surface area (TPSA) is 80.4 Å². The number of nitrogens with two attached hydrogens (primary N) is 1. The third-order valence-corrected chi connectivity index (χ3v) is 2.10. The van der Waals surface area contributed by atoms with Crippen LogP contribution in [-0.4, -0.2) is 22.9 Å². The van der Waals surface area contributed by atoms with E-state index in [0.717, 1.165) is 0 Å². The van der Waals surface area contributed by atoms with Crippen LogP contribution in [0.3, 0.4) is 0 Å². The quantitative estimate of drug-likeness (QED) is 0.619. The van der Waals surface area contributed by atoms with Gasteiger partial charge in [0.2, 0.25) is 0 Å². The molecule has 76 valence electrons. The molecule has 3 N–H and O–H groups in total. The molecule has 0 spiro atoms. The molecule has 0 rings (SSSR count). The molecule has 0 saturated heterocycles. The van der Waals surface area contributed by atoms with E-state index >= 15 is 0 Å². The van der Waals surface area contributed by atoms with E-state index in [-0.39, 0.29) is 11.7 Å². The second kappa shape index (κ2) is 4.97. The number of hydrogen-bond acceptors (Lipinski definition) is 3. The molecule has 4 heteroatoms. The normalized spacial score (nSPS) is 15.5. The maximum absolute atomic E-state index is 11.5. The van der Waals surface area contributed by atoms with Gasteiger partial charge in [0.1, 0.15) is 5.92 Å². The van der Waals surface area contributed by atoms with Crippen LogP contribution in [-0.2, 0) is 9.59 Å². The highest BCUT2D eigenvalue weighted by atomic mass is 16.4. The lowest BCUT2D eigenvalue weighted by atomic mass is 9.90. The Hall–Kier alpha value is -0.900. The first-order valence-corrected chi connectivity index (χ1v) is 4.43. The maximum Gasteiger partial charge on any atom is 0.314 e. The van der Waals surface area contributed by atoms with Gasteiger partial charge >= 0.3 is 5.97 Å². The molecule has 0 aliphatic carbocycles. The molecule has 0 aromatic carbocycles. The van der Waals surface area contributed by atoms with Crippen molar-refractivity contribution in [1.82, 2.24) is 0 Å². The van der Waals surface area contributed by atoms with Gasteiger partial charge in [-0.05, 0) is 12.3 Å². The van der Waals surface area contributed by atoms with Gasteiger partial charge in [-0.3, -0.25) is 9.59 Å². The molecule has 0 aromatic heterocycles. The van der Waals surface area contributed by atoms with Gasteiger partial charge in [-0.15, -0.1) is 0 Å². The molecule has 0 heterocycles. The molecule has 0 radical (unpaired) electrons. The van der Waals surface area contributed by atoms with E-state index in [2.05, 4.69) is 0 Å². The number of carbonyl (C=O) groups is 2. The van der Waals surface area contributed by atoms with Gasteiger partial charge in [-0.25, -0.2) is 0 Å². The summed E-state index contributed by atoms with van der Waals surface area (Å²) in [6.45, 7) is 5.28. The zero-order chi connectivity index (χ0) is 10.6. The van der Waals surface area contributed by atoms with E-state index in [1.807, 2.05) is 0 Å². The van der Waals surface area contributed by atoms with Crippen molar-refractivity contribution in [1.29, 1.82) is 0 Å². The Kier molecular flexibility index (Phi) is 4.62. The number of carboxylic acid groups (broad SMARTS) is 1. The van der Waals surface area contributed by atoms with E-state index < -0.39 is 17.9 Å². The van der Waals surface area contributed by atoms with Crippen LogP contribution >= 0.6 is 0 Å². The molecule has 0 aromatic rings. The van der Waals surface area contributed by atoms with Crippen molar-refractivity contribution in [3.63, 3.8) is 0 Å². The van der Waals surface area contributed by atoms with Crippen LogP contribution in [0.25, 0.3) is 0 Å². The Labute approximate surface area is 78.1 Å². The minimum atomic E-state index is -1.08. The zero-order valence-corrected chi connectivity index (χ0v) is 8.28. The Morgan fingerprint density at radius 1 is 1.38 bits per heavy atom. The molecular formula is C9H17NO3. The van der Waals surface area contributed by atoms with Crippen LogP contribution in [0.5, 0.6) is 0 Å². The highest BCUT2D eigenvalue weighted by molar-refractivity contribution is 6.00. The Morgan fingerprint density at radius 2 is 1.85 bits per heavy atom. The lowest BCUT2D eigenvalue weighted by Gasteiger charge is -2.17. The Bertz CT molecular complexity index is 201. The van der Waals surface area contributed by atoms with Crippen molar-refractivity contribution in [3.05, 3.63) is 0 Å². The predicted octanol–water partition coefficient (Wildman–Crippen LogP) is 0.650. The van der Waals surface area contributed by atoms with Crippen molar-refractivity contribution >= 4 is 11.8 Å². The third-order valence-electron chi connectivity index (χ3n) is 2.10. The summed E-state index contributed by atoms with van der Waals surface area (Å²) in [6.07, 6.45) is 0.300.